The van der Waals surface area contributed by atoms with Crippen LogP contribution in [-0.2, 0) is 19.5 Å². The third-order valence-electron chi connectivity index (χ3n) is 4.11. The second kappa shape index (κ2) is 4.80. The number of aromatic nitrogens is 2. The number of rotatable bonds is 1. The van der Waals surface area contributed by atoms with Gasteiger partial charge in [0, 0.05) is 38.7 Å². The Bertz CT molecular complexity index is 543. The van der Waals surface area contributed by atoms with E-state index in [1.807, 2.05) is 7.05 Å². The van der Waals surface area contributed by atoms with Gasteiger partial charge in [0.15, 0.2) is 0 Å². The van der Waals surface area contributed by atoms with Crippen molar-refractivity contribution in [1.29, 1.82) is 0 Å². The molecule has 7 heteroatoms. The molecule has 1 unspecified atom stereocenters. The monoisotopic (exact) mass is 284 g/mol. The van der Waals surface area contributed by atoms with E-state index in [2.05, 4.69) is 10.00 Å². The maximum Gasteiger partial charge on any atom is 0.272 e. The second-order valence-electron chi connectivity index (χ2n) is 5.72. The van der Waals surface area contributed by atoms with Gasteiger partial charge in [-0.1, -0.05) is 0 Å². The van der Waals surface area contributed by atoms with Crippen molar-refractivity contribution in [2.75, 3.05) is 27.2 Å². The number of amides is 1. The van der Waals surface area contributed by atoms with Gasteiger partial charge in [-0.25, -0.2) is 8.78 Å². The molecule has 0 fully saturated rings. The summed E-state index contributed by atoms with van der Waals surface area (Å²) in [7, 11) is 3.57. The van der Waals surface area contributed by atoms with Crippen LogP contribution in [0.25, 0.3) is 0 Å². The molecule has 0 aliphatic carbocycles. The zero-order valence-electron chi connectivity index (χ0n) is 11.6. The van der Waals surface area contributed by atoms with Crippen molar-refractivity contribution >= 4 is 5.91 Å². The molecule has 1 amide bonds. The molecule has 2 aliphatic heterocycles. The highest BCUT2D eigenvalue weighted by molar-refractivity contribution is 5.94. The maximum absolute atomic E-state index is 13.1. The highest BCUT2D eigenvalue weighted by atomic mass is 19.3. The van der Waals surface area contributed by atoms with Crippen LogP contribution in [0.2, 0.25) is 0 Å². The zero-order valence-corrected chi connectivity index (χ0v) is 11.6. The minimum absolute atomic E-state index is 0.0739. The largest absolute Gasteiger partial charge is 0.340 e. The third-order valence-corrected chi connectivity index (χ3v) is 4.11. The van der Waals surface area contributed by atoms with E-state index in [4.69, 9.17) is 0 Å². The average Bonchev–Trinajstić information content (AvgIpc) is 2.67. The Balaban J connectivity index is 2.05. The van der Waals surface area contributed by atoms with Crippen molar-refractivity contribution in [3.8, 4) is 0 Å². The van der Waals surface area contributed by atoms with Gasteiger partial charge in [0.25, 0.3) is 5.91 Å². The molecule has 0 radical (unpaired) electrons. The summed E-state index contributed by atoms with van der Waals surface area (Å²) >= 11 is 0. The molecule has 3 rings (SSSR count). The summed E-state index contributed by atoms with van der Waals surface area (Å²) in [5.74, 6) is -1.05. The van der Waals surface area contributed by atoms with Crippen LogP contribution in [0.1, 0.15) is 21.7 Å². The number of likely N-dealkylation sites (N-methyl/N-ethyl adjacent to an activating group) is 1. The lowest BCUT2D eigenvalue weighted by atomic mass is 10.1. The molecule has 1 aromatic rings. The molecule has 0 spiro atoms. The van der Waals surface area contributed by atoms with Crippen molar-refractivity contribution in [3.05, 3.63) is 17.0 Å². The lowest BCUT2D eigenvalue weighted by Crippen LogP contribution is -2.34. The molecule has 0 saturated carbocycles. The first-order chi connectivity index (χ1) is 9.47. The zero-order chi connectivity index (χ0) is 14.4. The summed E-state index contributed by atoms with van der Waals surface area (Å²) in [6.45, 7) is 1.72. The van der Waals surface area contributed by atoms with E-state index in [1.165, 1.54) is 9.58 Å². The van der Waals surface area contributed by atoms with Gasteiger partial charge < -0.3 is 9.80 Å². The molecule has 0 N–H and O–H groups in total. The predicted molar refractivity (Wildman–Crippen MR) is 68.7 cm³/mol. The van der Waals surface area contributed by atoms with Crippen LogP contribution >= 0.6 is 0 Å². The molecule has 0 bridgehead atoms. The van der Waals surface area contributed by atoms with E-state index in [1.54, 1.807) is 7.05 Å². The van der Waals surface area contributed by atoms with E-state index in [0.717, 1.165) is 24.2 Å². The van der Waals surface area contributed by atoms with E-state index in [0.29, 0.717) is 12.2 Å². The van der Waals surface area contributed by atoms with Crippen molar-refractivity contribution in [3.63, 3.8) is 0 Å². The number of alkyl halides is 2. The number of carbonyl (C=O) groups is 1. The van der Waals surface area contributed by atoms with E-state index >= 15 is 0 Å². The number of nitrogens with zero attached hydrogens (tertiary/aromatic N) is 4. The van der Waals surface area contributed by atoms with Crippen LogP contribution in [0, 0.1) is 5.92 Å². The van der Waals surface area contributed by atoms with Crippen molar-refractivity contribution in [2.24, 2.45) is 5.92 Å². The Hall–Kier alpha value is -1.50. The first-order valence-electron chi connectivity index (χ1n) is 6.78. The second-order valence-corrected chi connectivity index (χ2v) is 5.72. The number of carbonyl (C=O) groups excluding carboxylic acids is 1. The van der Waals surface area contributed by atoms with Crippen molar-refractivity contribution < 1.29 is 13.6 Å². The first kappa shape index (κ1) is 13.5. The lowest BCUT2D eigenvalue weighted by Gasteiger charge is -2.23. The van der Waals surface area contributed by atoms with Crippen LogP contribution < -0.4 is 0 Å². The Morgan fingerprint density at radius 3 is 2.75 bits per heavy atom. The number of hydrogen-bond donors (Lipinski definition) is 0. The molecule has 5 nitrogen and oxygen atoms in total. The molecule has 0 aromatic carbocycles. The van der Waals surface area contributed by atoms with Gasteiger partial charge in [0.1, 0.15) is 5.69 Å². The van der Waals surface area contributed by atoms with E-state index in [9.17, 15) is 13.6 Å². The molecular weight excluding hydrogens is 266 g/mol. The molecule has 20 heavy (non-hydrogen) atoms. The van der Waals surface area contributed by atoms with Crippen LogP contribution in [0.5, 0.6) is 0 Å². The van der Waals surface area contributed by atoms with Crippen LogP contribution in [0.15, 0.2) is 0 Å². The van der Waals surface area contributed by atoms with Gasteiger partial charge >= 0.3 is 0 Å². The fraction of sp³-hybridized carbons (Fsp3) is 0.692. The fourth-order valence-corrected chi connectivity index (χ4v) is 2.99. The Morgan fingerprint density at radius 1 is 1.30 bits per heavy atom. The Kier molecular flexibility index (Phi) is 3.24. The number of fused-ring (bicyclic) bond motifs is 3. The summed E-state index contributed by atoms with van der Waals surface area (Å²) in [6, 6.07) is 0. The molecule has 1 aromatic heterocycles. The summed E-state index contributed by atoms with van der Waals surface area (Å²) in [4.78, 5) is 16.0. The van der Waals surface area contributed by atoms with Gasteiger partial charge in [-0.2, -0.15) is 5.10 Å². The quantitative estimate of drug-likeness (QED) is 0.767. The number of halogens is 2. The standard InChI is InChI=1S/C13H18F2N4O/c1-17-4-3-10-9(7-17)11-13(20)18(2)5-8(12(14)15)6-19(11)16-10/h8,12H,3-7H2,1-2H3. The summed E-state index contributed by atoms with van der Waals surface area (Å²) < 4.78 is 27.6. The molecule has 1 atom stereocenters. The smallest absolute Gasteiger partial charge is 0.272 e. The van der Waals surface area contributed by atoms with Gasteiger partial charge in [0.05, 0.1) is 18.2 Å². The van der Waals surface area contributed by atoms with Crippen LogP contribution in [0.3, 0.4) is 0 Å². The minimum Gasteiger partial charge on any atom is -0.340 e. The third kappa shape index (κ3) is 2.09. The molecule has 3 heterocycles. The van der Waals surface area contributed by atoms with Gasteiger partial charge in [-0.05, 0) is 7.05 Å². The van der Waals surface area contributed by atoms with E-state index in [-0.39, 0.29) is 19.0 Å². The lowest BCUT2D eigenvalue weighted by molar-refractivity contribution is 0.0477. The summed E-state index contributed by atoms with van der Waals surface area (Å²) in [5.41, 5.74) is 2.29. The molecule has 110 valence electrons. The fourth-order valence-electron chi connectivity index (χ4n) is 2.99. The molecule has 0 saturated heterocycles. The van der Waals surface area contributed by atoms with Gasteiger partial charge in [-0.15, -0.1) is 0 Å². The summed E-state index contributed by atoms with van der Waals surface area (Å²) in [6.07, 6.45) is -1.68. The van der Waals surface area contributed by atoms with E-state index < -0.39 is 12.3 Å². The Labute approximate surface area is 116 Å². The van der Waals surface area contributed by atoms with Crippen molar-refractivity contribution in [1.82, 2.24) is 19.6 Å². The number of hydrogen-bond acceptors (Lipinski definition) is 3. The predicted octanol–water partition coefficient (Wildman–Crippen LogP) is 0.838. The SMILES string of the molecule is CN1CCc2nn3c(c2C1)C(=O)N(C)CC(C(F)F)C3. The van der Waals surface area contributed by atoms with Gasteiger partial charge in [-0.3, -0.25) is 9.48 Å². The highest BCUT2D eigenvalue weighted by Gasteiger charge is 2.35. The average molecular weight is 284 g/mol. The summed E-state index contributed by atoms with van der Waals surface area (Å²) in [5, 5.41) is 4.41. The van der Waals surface area contributed by atoms with Crippen LogP contribution in [0.4, 0.5) is 8.78 Å². The molecular formula is C13H18F2N4O. The topological polar surface area (TPSA) is 41.4 Å². The minimum atomic E-state index is -2.44. The molecule has 2 aliphatic rings. The van der Waals surface area contributed by atoms with Gasteiger partial charge in [0.2, 0.25) is 6.43 Å². The Morgan fingerprint density at radius 2 is 2.05 bits per heavy atom. The maximum atomic E-state index is 13.1. The first-order valence-corrected chi connectivity index (χ1v) is 6.78. The normalized spacial score (nSPS) is 23.8. The van der Waals surface area contributed by atoms with Crippen molar-refractivity contribution in [2.45, 2.75) is 25.9 Å². The van der Waals surface area contributed by atoms with Crippen LogP contribution in [-0.4, -0.2) is 59.1 Å². The highest BCUT2D eigenvalue weighted by Crippen LogP contribution is 2.27.